The molecule has 0 saturated heterocycles. The van der Waals surface area contributed by atoms with Crippen LogP contribution in [0.15, 0.2) is 34.8 Å². The van der Waals surface area contributed by atoms with Gasteiger partial charge in [-0.15, -0.1) is 11.6 Å². The standard InChI is InChI=1S/C16H16BrClFNO/c1-16(2,3)14-6-10(9-18)7-15(20-14)21-11-4-5-13(19)12(17)8-11/h4-8H,9H2,1-3H3. The monoisotopic (exact) mass is 371 g/mol. The molecule has 21 heavy (non-hydrogen) atoms. The topological polar surface area (TPSA) is 22.1 Å². The van der Waals surface area contributed by atoms with Crippen LogP contribution in [-0.2, 0) is 11.3 Å². The Hall–Kier alpha value is -1.13. The molecule has 5 heteroatoms. The first-order valence-corrected chi connectivity index (χ1v) is 7.82. The van der Waals surface area contributed by atoms with Gasteiger partial charge in [0, 0.05) is 17.4 Å². The van der Waals surface area contributed by atoms with E-state index in [1.807, 2.05) is 6.07 Å². The third-order valence-electron chi connectivity index (χ3n) is 2.90. The highest BCUT2D eigenvalue weighted by molar-refractivity contribution is 9.10. The van der Waals surface area contributed by atoms with E-state index in [1.54, 1.807) is 18.2 Å². The zero-order valence-electron chi connectivity index (χ0n) is 12.1. The van der Waals surface area contributed by atoms with Gasteiger partial charge in [-0.2, -0.15) is 0 Å². The minimum Gasteiger partial charge on any atom is -0.439 e. The highest BCUT2D eigenvalue weighted by Gasteiger charge is 2.18. The van der Waals surface area contributed by atoms with Gasteiger partial charge in [-0.1, -0.05) is 20.8 Å². The van der Waals surface area contributed by atoms with E-state index in [-0.39, 0.29) is 11.2 Å². The summed E-state index contributed by atoms with van der Waals surface area (Å²) in [6.45, 7) is 6.23. The summed E-state index contributed by atoms with van der Waals surface area (Å²) in [6.07, 6.45) is 0. The fourth-order valence-corrected chi connectivity index (χ4v) is 2.25. The highest BCUT2D eigenvalue weighted by atomic mass is 79.9. The van der Waals surface area contributed by atoms with E-state index in [9.17, 15) is 4.39 Å². The first-order chi connectivity index (χ1) is 9.79. The maximum atomic E-state index is 13.2. The van der Waals surface area contributed by atoms with Gasteiger partial charge in [0.05, 0.1) is 10.2 Å². The van der Waals surface area contributed by atoms with Gasteiger partial charge in [0.25, 0.3) is 0 Å². The van der Waals surface area contributed by atoms with E-state index in [0.717, 1.165) is 11.3 Å². The minimum atomic E-state index is -0.333. The van der Waals surface area contributed by atoms with Crippen molar-refractivity contribution in [1.82, 2.24) is 4.98 Å². The van der Waals surface area contributed by atoms with Crippen molar-refractivity contribution in [1.29, 1.82) is 0 Å². The summed E-state index contributed by atoms with van der Waals surface area (Å²) in [5.74, 6) is 1.02. The Morgan fingerprint density at radius 3 is 2.52 bits per heavy atom. The molecule has 0 aliphatic rings. The van der Waals surface area contributed by atoms with Crippen molar-refractivity contribution in [2.75, 3.05) is 0 Å². The summed E-state index contributed by atoms with van der Waals surface area (Å²) in [4.78, 5) is 4.51. The van der Waals surface area contributed by atoms with Gasteiger partial charge in [0.1, 0.15) is 11.6 Å². The zero-order valence-corrected chi connectivity index (χ0v) is 14.4. The largest absolute Gasteiger partial charge is 0.439 e. The molecule has 112 valence electrons. The predicted octanol–water partition coefficient (Wildman–Crippen LogP) is 5.81. The Morgan fingerprint density at radius 1 is 1.24 bits per heavy atom. The molecule has 0 bridgehead atoms. The van der Waals surface area contributed by atoms with Gasteiger partial charge in [0.15, 0.2) is 0 Å². The third-order valence-corrected chi connectivity index (χ3v) is 3.81. The Kier molecular flexibility index (Phi) is 4.89. The van der Waals surface area contributed by atoms with Crippen LogP contribution in [-0.4, -0.2) is 4.98 Å². The van der Waals surface area contributed by atoms with Crippen LogP contribution in [0.1, 0.15) is 32.0 Å². The molecule has 1 heterocycles. The zero-order chi connectivity index (χ0) is 15.6. The van der Waals surface area contributed by atoms with Crippen LogP contribution in [0.2, 0.25) is 0 Å². The Labute approximate surface area is 137 Å². The molecule has 0 saturated carbocycles. The van der Waals surface area contributed by atoms with E-state index in [2.05, 4.69) is 41.7 Å². The van der Waals surface area contributed by atoms with E-state index in [0.29, 0.717) is 22.0 Å². The second-order valence-electron chi connectivity index (χ2n) is 5.76. The quantitative estimate of drug-likeness (QED) is 0.634. The second kappa shape index (κ2) is 6.32. The Balaban J connectivity index is 2.36. The molecule has 0 radical (unpaired) electrons. The SMILES string of the molecule is CC(C)(C)c1cc(CCl)cc(Oc2ccc(F)c(Br)c2)n1. The van der Waals surface area contributed by atoms with E-state index >= 15 is 0 Å². The lowest BCUT2D eigenvalue weighted by Crippen LogP contribution is -2.14. The van der Waals surface area contributed by atoms with Crippen LogP contribution in [0.5, 0.6) is 11.6 Å². The van der Waals surface area contributed by atoms with Crippen LogP contribution in [0, 0.1) is 5.82 Å². The highest BCUT2D eigenvalue weighted by Crippen LogP contribution is 2.29. The van der Waals surface area contributed by atoms with Crippen LogP contribution < -0.4 is 4.74 Å². The lowest BCUT2D eigenvalue weighted by Gasteiger charge is -2.19. The predicted molar refractivity (Wildman–Crippen MR) is 86.7 cm³/mol. The van der Waals surface area contributed by atoms with Crippen molar-refractivity contribution in [3.8, 4) is 11.6 Å². The molecular formula is C16H16BrClFNO. The molecule has 2 rings (SSSR count). The number of hydrogen-bond donors (Lipinski definition) is 0. The molecule has 0 aliphatic heterocycles. The second-order valence-corrected chi connectivity index (χ2v) is 6.88. The molecular weight excluding hydrogens is 357 g/mol. The Morgan fingerprint density at radius 2 is 1.95 bits per heavy atom. The van der Waals surface area contributed by atoms with Crippen molar-refractivity contribution in [2.45, 2.75) is 32.1 Å². The molecule has 0 unspecified atom stereocenters. The van der Waals surface area contributed by atoms with Crippen LogP contribution in [0.3, 0.4) is 0 Å². The summed E-state index contributed by atoms with van der Waals surface area (Å²) in [6, 6.07) is 8.24. The smallest absolute Gasteiger partial charge is 0.219 e. The first kappa shape index (κ1) is 16.2. The molecule has 2 aromatic rings. The molecule has 1 aromatic carbocycles. The number of rotatable bonds is 3. The van der Waals surface area contributed by atoms with Gasteiger partial charge in [0.2, 0.25) is 5.88 Å². The summed E-state index contributed by atoms with van der Waals surface area (Å²) >= 11 is 9.07. The summed E-state index contributed by atoms with van der Waals surface area (Å²) in [5, 5.41) is 0. The number of benzene rings is 1. The number of hydrogen-bond acceptors (Lipinski definition) is 2. The van der Waals surface area contributed by atoms with Crippen molar-refractivity contribution in [2.24, 2.45) is 0 Å². The number of ether oxygens (including phenoxy) is 1. The summed E-state index contributed by atoms with van der Waals surface area (Å²) in [7, 11) is 0. The average molecular weight is 373 g/mol. The fraction of sp³-hybridized carbons (Fsp3) is 0.312. The summed E-state index contributed by atoms with van der Waals surface area (Å²) in [5.41, 5.74) is 1.73. The van der Waals surface area contributed by atoms with Crippen molar-refractivity contribution < 1.29 is 9.13 Å². The van der Waals surface area contributed by atoms with Crippen LogP contribution >= 0.6 is 27.5 Å². The minimum absolute atomic E-state index is 0.108. The Bertz CT molecular complexity index is 655. The van der Waals surface area contributed by atoms with Crippen molar-refractivity contribution >= 4 is 27.5 Å². The van der Waals surface area contributed by atoms with Gasteiger partial charge < -0.3 is 4.74 Å². The van der Waals surface area contributed by atoms with Crippen LogP contribution in [0.4, 0.5) is 4.39 Å². The van der Waals surface area contributed by atoms with Gasteiger partial charge >= 0.3 is 0 Å². The van der Waals surface area contributed by atoms with E-state index in [1.165, 1.54) is 6.07 Å². The lowest BCUT2D eigenvalue weighted by atomic mass is 9.91. The van der Waals surface area contributed by atoms with E-state index in [4.69, 9.17) is 16.3 Å². The molecule has 0 amide bonds. The molecule has 0 spiro atoms. The first-order valence-electron chi connectivity index (χ1n) is 6.50. The lowest BCUT2D eigenvalue weighted by molar-refractivity contribution is 0.449. The maximum Gasteiger partial charge on any atom is 0.219 e. The molecule has 2 nitrogen and oxygen atoms in total. The fourth-order valence-electron chi connectivity index (χ4n) is 1.73. The number of pyridine rings is 1. The van der Waals surface area contributed by atoms with Gasteiger partial charge in [-0.3, -0.25) is 0 Å². The van der Waals surface area contributed by atoms with Crippen LogP contribution in [0.25, 0.3) is 0 Å². The van der Waals surface area contributed by atoms with Crippen molar-refractivity contribution in [3.63, 3.8) is 0 Å². The average Bonchev–Trinajstić information content (AvgIpc) is 2.41. The number of nitrogens with zero attached hydrogens (tertiary/aromatic N) is 1. The number of alkyl halides is 1. The summed E-state index contributed by atoms with van der Waals surface area (Å²) < 4.78 is 19.3. The molecule has 0 atom stereocenters. The number of halogens is 3. The molecule has 0 aliphatic carbocycles. The van der Waals surface area contributed by atoms with Gasteiger partial charge in [-0.05, 0) is 45.8 Å². The maximum absolute atomic E-state index is 13.2. The third kappa shape index (κ3) is 4.17. The molecule has 0 fully saturated rings. The molecule has 1 aromatic heterocycles. The molecule has 0 N–H and O–H groups in total. The van der Waals surface area contributed by atoms with Gasteiger partial charge in [-0.25, -0.2) is 9.37 Å². The van der Waals surface area contributed by atoms with E-state index < -0.39 is 0 Å². The number of aromatic nitrogens is 1. The normalized spacial score (nSPS) is 11.5. The van der Waals surface area contributed by atoms with Crippen molar-refractivity contribution in [3.05, 3.63) is 51.9 Å².